The first kappa shape index (κ1) is 15.5. The van der Waals surface area contributed by atoms with Crippen molar-refractivity contribution in [3.05, 3.63) is 59.4 Å². The number of benzene rings is 1. The van der Waals surface area contributed by atoms with Crippen molar-refractivity contribution in [3.63, 3.8) is 0 Å². The molecule has 1 heterocycles. The van der Waals surface area contributed by atoms with E-state index in [1.807, 2.05) is 12.4 Å². The quantitative estimate of drug-likeness (QED) is 0.788. The lowest BCUT2D eigenvalue weighted by Crippen LogP contribution is -2.17. The number of aryl methyl sites for hydroxylation is 1. The maximum Gasteiger partial charge on any atom is 0.0427 e. The summed E-state index contributed by atoms with van der Waals surface area (Å²) in [4.78, 5) is 6.33. The van der Waals surface area contributed by atoms with E-state index in [1.165, 1.54) is 28.8 Å². The number of rotatable bonds is 7. The van der Waals surface area contributed by atoms with Gasteiger partial charge >= 0.3 is 0 Å². The van der Waals surface area contributed by atoms with E-state index in [0.717, 1.165) is 19.6 Å². The molecule has 0 aliphatic heterocycles. The molecule has 0 aliphatic rings. The Balaban J connectivity index is 2.01. The minimum atomic E-state index is 0.898. The van der Waals surface area contributed by atoms with Crippen molar-refractivity contribution in [1.29, 1.82) is 0 Å². The molecular weight excluding hydrogens is 258 g/mol. The second-order valence-electron chi connectivity index (χ2n) is 5.50. The molecule has 3 heteroatoms. The summed E-state index contributed by atoms with van der Waals surface area (Å²) in [7, 11) is 2.13. The predicted molar refractivity (Wildman–Crippen MR) is 89.5 cm³/mol. The van der Waals surface area contributed by atoms with Crippen LogP contribution in [0.3, 0.4) is 0 Å². The van der Waals surface area contributed by atoms with Gasteiger partial charge in [-0.3, -0.25) is 4.98 Å². The molecule has 1 N–H and O–H groups in total. The van der Waals surface area contributed by atoms with E-state index >= 15 is 0 Å². The van der Waals surface area contributed by atoms with E-state index in [-0.39, 0.29) is 0 Å². The van der Waals surface area contributed by atoms with Crippen LogP contribution in [0.5, 0.6) is 0 Å². The van der Waals surface area contributed by atoms with Crippen LogP contribution in [0.4, 0.5) is 5.69 Å². The van der Waals surface area contributed by atoms with Crippen molar-refractivity contribution in [3.8, 4) is 0 Å². The zero-order valence-corrected chi connectivity index (χ0v) is 13.3. The Morgan fingerprint density at radius 1 is 1.14 bits per heavy atom. The highest BCUT2D eigenvalue weighted by molar-refractivity contribution is 5.50. The van der Waals surface area contributed by atoms with E-state index in [9.17, 15) is 0 Å². The molecule has 21 heavy (non-hydrogen) atoms. The molecule has 0 unspecified atom stereocenters. The average molecular weight is 283 g/mol. The smallest absolute Gasteiger partial charge is 0.0427 e. The van der Waals surface area contributed by atoms with Gasteiger partial charge in [-0.05, 0) is 60.8 Å². The molecule has 112 valence electrons. The Labute approximate surface area is 128 Å². The van der Waals surface area contributed by atoms with Gasteiger partial charge in [-0.1, -0.05) is 13.0 Å². The molecule has 3 nitrogen and oxygen atoms in total. The van der Waals surface area contributed by atoms with Gasteiger partial charge in [0.05, 0.1) is 0 Å². The summed E-state index contributed by atoms with van der Waals surface area (Å²) in [6, 6.07) is 10.8. The van der Waals surface area contributed by atoms with Crippen LogP contribution in [0, 0.1) is 6.92 Å². The molecule has 2 aromatic rings. The zero-order chi connectivity index (χ0) is 15.1. The first-order valence-corrected chi connectivity index (χ1v) is 7.61. The Hall–Kier alpha value is -1.87. The van der Waals surface area contributed by atoms with Gasteiger partial charge in [-0.2, -0.15) is 0 Å². The highest BCUT2D eigenvalue weighted by atomic mass is 15.1. The summed E-state index contributed by atoms with van der Waals surface area (Å²) in [6.07, 6.45) is 4.86. The fraction of sp³-hybridized carbons (Fsp3) is 0.389. The summed E-state index contributed by atoms with van der Waals surface area (Å²) in [6.45, 7) is 7.30. The lowest BCUT2D eigenvalue weighted by atomic mass is 10.1. The molecule has 0 fully saturated rings. The summed E-state index contributed by atoms with van der Waals surface area (Å²) in [5.74, 6) is 0. The van der Waals surface area contributed by atoms with E-state index in [1.54, 1.807) is 0 Å². The van der Waals surface area contributed by atoms with E-state index in [4.69, 9.17) is 0 Å². The Kier molecular flexibility index (Phi) is 5.76. The SMILES string of the molecule is CCCNCc1ccc(N(C)Cc2ccncc2)cc1C. The van der Waals surface area contributed by atoms with Crippen LogP contribution < -0.4 is 10.2 Å². The number of pyridine rings is 1. The molecule has 0 bridgehead atoms. The molecule has 0 atom stereocenters. The predicted octanol–water partition coefficient (Wildman–Crippen LogP) is 3.53. The largest absolute Gasteiger partial charge is 0.370 e. The van der Waals surface area contributed by atoms with Crippen molar-refractivity contribution < 1.29 is 0 Å². The lowest BCUT2D eigenvalue weighted by molar-refractivity contribution is 0.673. The van der Waals surface area contributed by atoms with E-state index < -0.39 is 0 Å². The summed E-state index contributed by atoms with van der Waals surface area (Å²) in [5, 5.41) is 3.46. The van der Waals surface area contributed by atoms with Gasteiger partial charge in [0.15, 0.2) is 0 Å². The molecule has 0 spiro atoms. The molecule has 2 rings (SSSR count). The summed E-state index contributed by atoms with van der Waals surface area (Å²) >= 11 is 0. The second kappa shape index (κ2) is 7.79. The lowest BCUT2D eigenvalue weighted by Gasteiger charge is -2.21. The van der Waals surface area contributed by atoms with Crippen molar-refractivity contribution in [2.75, 3.05) is 18.5 Å². The maximum atomic E-state index is 4.06. The molecule has 0 aliphatic carbocycles. The fourth-order valence-electron chi connectivity index (χ4n) is 2.37. The number of hydrogen-bond donors (Lipinski definition) is 1. The van der Waals surface area contributed by atoms with Gasteiger partial charge in [0.2, 0.25) is 0 Å². The van der Waals surface area contributed by atoms with Crippen molar-refractivity contribution >= 4 is 5.69 Å². The molecular formula is C18H25N3. The molecule has 0 radical (unpaired) electrons. The third-order valence-electron chi connectivity index (χ3n) is 3.68. The molecule has 0 amide bonds. The van der Waals surface area contributed by atoms with Crippen molar-refractivity contribution in [2.24, 2.45) is 0 Å². The normalized spacial score (nSPS) is 10.6. The number of nitrogens with zero attached hydrogens (tertiary/aromatic N) is 2. The maximum absolute atomic E-state index is 4.06. The van der Waals surface area contributed by atoms with Crippen LogP contribution in [0.25, 0.3) is 0 Å². The number of aromatic nitrogens is 1. The van der Waals surface area contributed by atoms with Crippen LogP contribution >= 0.6 is 0 Å². The molecule has 0 saturated heterocycles. The third-order valence-corrected chi connectivity index (χ3v) is 3.68. The standard InChI is InChI=1S/C18H25N3/c1-4-9-20-13-17-5-6-18(12-15(17)2)21(3)14-16-7-10-19-11-8-16/h5-8,10-12,20H,4,9,13-14H2,1-3H3. The fourth-order valence-corrected chi connectivity index (χ4v) is 2.37. The first-order valence-electron chi connectivity index (χ1n) is 7.61. The zero-order valence-electron chi connectivity index (χ0n) is 13.3. The first-order chi connectivity index (χ1) is 10.2. The number of nitrogens with one attached hydrogen (secondary N) is 1. The van der Waals surface area contributed by atoms with Crippen LogP contribution in [0.15, 0.2) is 42.7 Å². The number of hydrogen-bond acceptors (Lipinski definition) is 3. The Morgan fingerprint density at radius 2 is 1.90 bits per heavy atom. The van der Waals surface area contributed by atoms with Crippen molar-refractivity contribution in [2.45, 2.75) is 33.4 Å². The van der Waals surface area contributed by atoms with Gasteiger partial charge in [-0.25, -0.2) is 0 Å². The van der Waals surface area contributed by atoms with Crippen LogP contribution in [-0.4, -0.2) is 18.6 Å². The number of anilines is 1. The molecule has 0 saturated carbocycles. The van der Waals surface area contributed by atoms with Gasteiger partial charge in [0, 0.05) is 38.2 Å². The van der Waals surface area contributed by atoms with Gasteiger partial charge in [0.1, 0.15) is 0 Å². The molecule has 1 aromatic heterocycles. The Morgan fingerprint density at radius 3 is 2.57 bits per heavy atom. The summed E-state index contributed by atoms with van der Waals surface area (Å²) < 4.78 is 0. The Bertz CT molecular complexity index is 552. The third kappa shape index (κ3) is 4.57. The van der Waals surface area contributed by atoms with Gasteiger partial charge in [0.25, 0.3) is 0 Å². The average Bonchev–Trinajstić information content (AvgIpc) is 2.50. The monoisotopic (exact) mass is 283 g/mol. The minimum absolute atomic E-state index is 0.898. The van der Waals surface area contributed by atoms with E-state index in [0.29, 0.717) is 0 Å². The summed E-state index contributed by atoms with van der Waals surface area (Å²) in [5.41, 5.74) is 5.25. The highest BCUT2D eigenvalue weighted by Crippen LogP contribution is 2.20. The van der Waals surface area contributed by atoms with Gasteiger partial charge < -0.3 is 10.2 Å². The van der Waals surface area contributed by atoms with Crippen LogP contribution in [0.2, 0.25) is 0 Å². The minimum Gasteiger partial charge on any atom is -0.370 e. The van der Waals surface area contributed by atoms with Crippen LogP contribution in [-0.2, 0) is 13.1 Å². The molecule has 1 aromatic carbocycles. The highest BCUT2D eigenvalue weighted by Gasteiger charge is 2.05. The van der Waals surface area contributed by atoms with Crippen LogP contribution in [0.1, 0.15) is 30.0 Å². The van der Waals surface area contributed by atoms with Gasteiger partial charge in [-0.15, -0.1) is 0 Å². The second-order valence-corrected chi connectivity index (χ2v) is 5.50. The van der Waals surface area contributed by atoms with Crippen molar-refractivity contribution in [1.82, 2.24) is 10.3 Å². The van der Waals surface area contributed by atoms with E-state index in [2.05, 4.69) is 66.4 Å². The topological polar surface area (TPSA) is 28.2 Å².